The summed E-state index contributed by atoms with van der Waals surface area (Å²) < 4.78 is 1.05. The Morgan fingerprint density at radius 1 is 1.21 bits per heavy atom. The van der Waals surface area contributed by atoms with Gasteiger partial charge in [-0.3, -0.25) is 19.8 Å². The number of thiophene rings is 1. The molecule has 122 valence electrons. The second kappa shape index (κ2) is 7.06. The first-order chi connectivity index (χ1) is 11.4. The Bertz CT molecular complexity index is 858. The van der Waals surface area contributed by atoms with Crippen LogP contribution in [0.3, 0.4) is 0 Å². The monoisotopic (exact) mass is 394 g/mol. The molecule has 0 saturated carbocycles. The van der Waals surface area contributed by atoms with Crippen LogP contribution in [0, 0.1) is 0 Å². The molecule has 1 aromatic heterocycles. The number of amides is 2. The molecule has 2 heterocycles. The number of halogens is 1. The van der Waals surface area contributed by atoms with E-state index in [9.17, 15) is 9.59 Å². The molecule has 0 atom stereocenters. The largest absolute Gasteiger partial charge is 0.298 e. The van der Waals surface area contributed by atoms with Gasteiger partial charge < -0.3 is 0 Å². The van der Waals surface area contributed by atoms with E-state index in [-0.39, 0.29) is 10.7 Å². The quantitative estimate of drug-likeness (QED) is 0.488. The number of benzene rings is 1. The second-order valence-electron chi connectivity index (χ2n) is 4.89. The molecule has 0 unspecified atom stereocenters. The van der Waals surface area contributed by atoms with Crippen molar-refractivity contribution in [3.8, 4) is 0 Å². The smallest absolute Gasteiger partial charge is 0.265 e. The molecule has 0 spiro atoms. The molecule has 0 radical (unpaired) electrons. The van der Waals surface area contributed by atoms with Gasteiger partial charge in [0, 0.05) is 21.8 Å². The average molecular weight is 395 g/mol. The zero-order valence-corrected chi connectivity index (χ0v) is 15.6. The van der Waals surface area contributed by atoms with Crippen LogP contribution in [-0.2, 0) is 9.59 Å². The van der Waals surface area contributed by atoms with Gasteiger partial charge in [0.05, 0.1) is 4.21 Å². The third-order valence-corrected chi connectivity index (χ3v) is 6.03. The zero-order chi connectivity index (χ0) is 17.3. The van der Waals surface area contributed by atoms with Crippen LogP contribution >= 0.6 is 46.9 Å². The summed E-state index contributed by atoms with van der Waals surface area (Å²) >= 11 is 13.9. The fraction of sp³-hybridized carbons (Fsp3) is 0.0625. The van der Waals surface area contributed by atoms with Crippen molar-refractivity contribution in [3.63, 3.8) is 0 Å². The van der Waals surface area contributed by atoms with Crippen molar-refractivity contribution in [2.75, 3.05) is 7.05 Å². The first kappa shape index (κ1) is 17.2. The molecule has 3 rings (SSSR count). The van der Waals surface area contributed by atoms with Crippen molar-refractivity contribution in [2.24, 2.45) is 0 Å². The molecule has 8 heteroatoms. The minimum atomic E-state index is -0.469. The summed E-state index contributed by atoms with van der Waals surface area (Å²) in [5, 5.41) is 3.31. The van der Waals surface area contributed by atoms with Crippen LogP contribution in [-0.4, -0.2) is 28.9 Å². The molecular weight excluding hydrogens is 384 g/mol. The lowest BCUT2D eigenvalue weighted by Crippen LogP contribution is -2.52. The third-order valence-electron chi connectivity index (χ3n) is 3.23. The molecule has 1 N–H and O–H groups in total. The van der Waals surface area contributed by atoms with Crippen LogP contribution in [0.5, 0.6) is 0 Å². The molecule has 1 aromatic carbocycles. The van der Waals surface area contributed by atoms with Crippen LogP contribution in [0.4, 0.5) is 0 Å². The Kier molecular flexibility index (Phi) is 5.05. The highest BCUT2D eigenvalue weighted by molar-refractivity contribution is 8.01. The van der Waals surface area contributed by atoms with E-state index >= 15 is 0 Å². The van der Waals surface area contributed by atoms with Gasteiger partial charge in [-0.25, -0.2) is 0 Å². The number of nitrogens with one attached hydrogen (secondary N) is 1. The Morgan fingerprint density at radius 3 is 2.62 bits per heavy atom. The maximum atomic E-state index is 12.2. The molecule has 1 aliphatic heterocycles. The molecule has 1 fully saturated rings. The van der Waals surface area contributed by atoms with Crippen LogP contribution in [0.1, 0.15) is 4.88 Å². The van der Waals surface area contributed by atoms with Crippen LogP contribution in [0.2, 0.25) is 5.02 Å². The molecule has 0 aliphatic carbocycles. The summed E-state index contributed by atoms with van der Waals surface area (Å²) in [7, 11) is 1.54. The highest BCUT2D eigenvalue weighted by Crippen LogP contribution is 2.34. The van der Waals surface area contributed by atoms with Gasteiger partial charge in [0.25, 0.3) is 11.8 Å². The zero-order valence-electron chi connectivity index (χ0n) is 12.4. The Hall–Kier alpha value is -1.67. The lowest BCUT2D eigenvalue weighted by molar-refractivity contribution is -0.128. The van der Waals surface area contributed by atoms with Crippen molar-refractivity contribution < 1.29 is 9.59 Å². The van der Waals surface area contributed by atoms with Gasteiger partial charge in [-0.2, -0.15) is 0 Å². The molecule has 2 amide bonds. The van der Waals surface area contributed by atoms with Crippen LogP contribution in [0.25, 0.3) is 6.08 Å². The number of carbonyl (C=O) groups excluding carboxylic acids is 2. The fourth-order valence-corrected chi connectivity index (χ4v) is 4.34. The van der Waals surface area contributed by atoms with E-state index < -0.39 is 11.8 Å². The fourth-order valence-electron chi connectivity index (χ4n) is 1.97. The maximum absolute atomic E-state index is 12.2. The third kappa shape index (κ3) is 3.70. The van der Waals surface area contributed by atoms with Crippen molar-refractivity contribution >= 4 is 69.9 Å². The first-order valence-corrected chi connectivity index (χ1v) is 9.24. The van der Waals surface area contributed by atoms with E-state index in [0.29, 0.717) is 5.02 Å². The lowest BCUT2D eigenvalue weighted by atomic mass is 10.1. The number of likely N-dealkylation sites (N-methyl/N-ethyl adjacent to an activating group) is 1. The van der Waals surface area contributed by atoms with Gasteiger partial charge in [-0.15, -0.1) is 11.3 Å². The number of thiocarbonyl (C=S) groups is 1. The Morgan fingerprint density at radius 2 is 1.92 bits per heavy atom. The topological polar surface area (TPSA) is 49.4 Å². The summed E-state index contributed by atoms with van der Waals surface area (Å²) in [6, 6.07) is 11.4. The van der Waals surface area contributed by atoms with Crippen molar-refractivity contribution in [1.29, 1.82) is 0 Å². The minimum absolute atomic E-state index is 0.0796. The van der Waals surface area contributed by atoms with Gasteiger partial charge >= 0.3 is 0 Å². The number of nitrogens with zero attached hydrogens (tertiary/aromatic N) is 1. The Balaban J connectivity index is 1.80. The van der Waals surface area contributed by atoms with Crippen molar-refractivity contribution in [3.05, 3.63) is 51.9 Å². The standard InChI is InChI=1S/C16H11ClN2O2S3/c1-19-15(21)12(14(20)18-16(19)22)8-11-6-7-13(24-11)23-10-4-2-9(17)3-5-10/h2-8H,1H3,(H,18,20,22)/b12-8+. The summed E-state index contributed by atoms with van der Waals surface area (Å²) in [6.45, 7) is 0. The highest BCUT2D eigenvalue weighted by atomic mass is 35.5. The maximum Gasteiger partial charge on any atom is 0.265 e. The summed E-state index contributed by atoms with van der Waals surface area (Å²) in [5.41, 5.74) is 0.0796. The Labute approximate surface area is 157 Å². The highest BCUT2D eigenvalue weighted by Gasteiger charge is 2.30. The average Bonchev–Trinajstić information content (AvgIpc) is 2.99. The molecule has 1 saturated heterocycles. The van der Waals surface area contributed by atoms with Crippen LogP contribution in [0.15, 0.2) is 51.1 Å². The second-order valence-corrected chi connectivity index (χ2v) is 8.21. The van der Waals surface area contributed by atoms with Crippen molar-refractivity contribution in [1.82, 2.24) is 10.2 Å². The van der Waals surface area contributed by atoms with E-state index in [1.165, 1.54) is 23.3 Å². The summed E-state index contributed by atoms with van der Waals surface area (Å²) in [4.78, 5) is 27.3. The predicted molar refractivity (Wildman–Crippen MR) is 101 cm³/mol. The molecular formula is C16H11ClN2O2S3. The van der Waals surface area contributed by atoms with Gasteiger partial charge in [-0.05, 0) is 54.7 Å². The molecule has 1 aliphatic rings. The predicted octanol–water partition coefficient (Wildman–Crippen LogP) is 3.81. The molecule has 2 aromatic rings. The summed E-state index contributed by atoms with van der Waals surface area (Å²) in [6.07, 6.45) is 1.59. The first-order valence-electron chi connectivity index (χ1n) is 6.82. The van der Waals surface area contributed by atoms with Gasteiger partial charge in [0.2, 0.25) is 0 Å². The number of carbonyl (C=O) groups is 2. The van der Waals surface area contributed by atoms with E-state index in [4.69, 9.17) is 23.8 Å². The molecule has 24 heavy (non-hydrogen) atoms. The van der Waals surface area contributed by atoms with Crippen molar-refractivity contribution in [2.45, 2.75) is 9.10 Å². The van der Waals surface area contributed by atoms with Gasteiger partial charge in [0.15, 0.2) is 5.11 Å². The molecule has 0 bridgehead atoms. The van der Waals surface area contributed by atoms with E-state index in [0.717, 1.165) is 14.0 Å². The number of rotatable bonds is 3. The van der Waals surface area contributed by atoms with E-state index in [1.54, 1.807) is 17.8 Å². The SMILES string of the molecule is CN1C(=O)/C(=C/c2ccc(Sc3ccc(Cl)cc3)s2)C(=O)NC1=S. The van der Waals surface area contributed by atoms with Gasteiger partial charge in [-0.1, -0.05) is 23.4 Å². The van der Waals surface area contributed by atoms with Gasteiger partial charge in [0.1, 0.15) is 5.57 Å². The molecule has 4 nitrogen and oxygen atoms in total. The van der Waals surface area contributed by atoms with E-state index in [2.05, 4.69) is 5.32 Å². The number of hydrogen-bond acceptors (Lipinski definition) is 5. The normalized spacial score (nSPS) is 16.7. The van der Waals surface area contributed by atoms with E-state index in [1.807, 2.05) is 36.4 Å². The lowest BCUT2D eigenvalue weighted by Gasteiger charge is -2.24. The van der Waals surface area contributed by atoms with Crippen LogP contribution < -0.4 is 5.32 Å². The minimum Gasteiger partial charge on any atom is -0.298 e. The number of hydrogen-bond donors (Lipinski definition) is 1. The summed E-state index contributed by atoms with van der Waals surface area (Å²) in [5.74, 6) is -0.868.